The highest BCUT2D eigenvalue weighted by Gasteiger charge is 2.08. The molecule has 4 heteroatoms. The van der Waals surface area contributed by atoms with E-state index in [4.69, 9.17) is 11.6 Å². The first-order valence-corrected chi connectivity index (χ1v) is 6.74. The summed E-state index contributed by atoms with van der Waals surface area (Å²) in [6, 6.07) is 5.99. The number of hydrogen-bond donors (Lipinski definition) is 2. The van der Waals surface area contributed by atoms with Gasteiger partial charge in [-0.25, -0.2) is 0 Å². The van der Waals surface area contributed by atoms with Gasteiger partial charge in [-0.2, -0.15) is 0 Å². The van der Waals surface area contributed by atoms with E-state index in [-0.39, 0.29) is 18.5 Å². The number of carbonyl (C=O) groups excluding carboxylic acids is 1. The maximum absolute atomic E-state index is 11.7. The van der Waals surface area contributed by atoms with Crippen LogP contribution in [0.1, 0.15) is 32.3 Å². The number of anilines is 1. The van der Waals surface area contributed by atoms with E-state index >= 15 is 0 Å². The Hall–Kier alpha value is -1.22. The van der Waals surface area contributed by atoms with E-state index in [0.29, 0.717) is 5.02 Å². The minimum atomic E-state index is 0.000316. The Bertz CT molecular complexity index is 403. The molecule has 0 saturated carbocycles. The molecule has 18 heavy (non-hydrogen) atoms. The molecule has 0 aromatic heterocycles. The summed E-state index contributed by atoms with van der Waals surface area (Å²) in [6.07, 6.45) is 1.90. The zero-order valence-electron chi connectivity index (χ0n) is 11.2. The van der Waals surface area contributed by atoms with Crippen molar-refractivity contribution in [3.63, 3.8) is 0 Å². The zero-order chi connectivity index (χ0) is 13.5. The lowest BCUT2D eigenvalue weighted by molar-refractivity contribution is -0.120. The minimum absolute atomic E-state index is 0.000316. The SMILES string of the molecule is CCC(CC)NC(=O)CNc1ccc(C)cc1Cl. The Morgan fingerprint density at radius 1 is 1.33 bits per heavy atom. The van der Waals surface area contributed by atoms with Crippen LogP contribution in [0.5, 0.6) is 0 Å². The van der Waals surface area contributed by atoms with Gasteiger partial charge in [-0.05, 0) is 37.5 Å². The van der Waals surface area contributed by atoms with Crippen LogP contribution in [0.3, 0.4) is 0 Å². The van der Waals surface area contributed by atoms with Gasteiger partial charge in [0.1, 0.15) is 0 Å². The first-order valence-electron chi connectivity index (χ1n) is 6.36. The van der Waals surface area contributed by atoms with Gasteiger partial charge in [-0.3, -0.25) is 4.79 Å². The highest BCUT2D eigenvalue weighted by Crippen LogP contribution is 2.22. The summed E-state index contributed by atoms with van der Waals surface area (Å²) < 4.78 is 0. The molecule has 0 saturated heterocycles. The summed E-state index contributed by atoms with van der Waals surface area (Å²) in [5, 5.41) is 6.67. The summed E-state index contributed by atoms with van der Waals surface area (Å²) in [5.41, 5.74) is 1.90. The van der Waals surface area contributed by atoms with Gasteiger partial charge in [-0.1, -0.05) is 31.5 Å². The molecule has 1 aromatic rings. The van der Waals surface area contributed by atoms with Gasteiger partial charge in [-0.15, -0.1) is 0 Å². The molecule has 0 aliphatic rings. The molecule has 3 nitrogen and oxygen atoms in total. The van der Waals surface area contributed by atoms with Crippen LogP contribution in [0.4, 0.5) is 5.69 Å². The lowest BCUT2D eigenvalue weighted by Gasteiger charge is -2.15. The number of halogens is 1. The predicted molar refractivity (Wildman–Crippen MR) is 77.2 cm³/mol. The Balaban J connectivity index is 2.47. The van der Waals surface area contributed by atoms with Crippen LogP contribution < -0.4 is 10.6 Å². The molecule has 1 aromatic carbocycles. The van der Waals surface area contributed by atoms with Crippen LogP contribution in [-0.2, 0) is 4.79 Å². The highest BCUT2D eigenvalue weighted by molar-refractivity contribution is 6.33. The first-order chi connectivity index (χ1) is 8.56. The van der Waals surface area contributed by atoms with E-state index in [1.165, 1.54) is 0 Å². The number of carbonyl (C=O) groups is 1. The molecular formula is C14H21ClN2O. The molecule has 1 amide bonds. The molecule has 1 rings (SSSR count). The third-order valence-electron chi connectivity index (χ3n) is 2.91. The highest BCUT2D eigenvalue weighted by atomic mass is 35.5. The first kappa shape index (κ1) is 14.8. The van der Waals surface area contributed by atoms with E-state index in [1.807, 2.05) is 25.1 Å². The number of rotatable bonds is 6. The van der Waals surface area contributed by atoms with Gasteiger partial charge in [0.05, 0.1) is 17.3 Å². The molecule has 0 heterocycles. The Labute approximate surface area is 114 Å². The van der Waals surface area contributed by atoms with Crippen LogP contribution in [0.15, 0.2) is 18.2 Å². The Kier molecular flexibility index (Phi) is 5.99. The maximum atomic E-state index is 11.7. The van der Waals surface area contributed by atoms with Crippen molar-refractivity contribution in [3.05, 3.63) is 28.8 Å². The summed E-state index contributed by atoms with van der Waals surface area (Å²) in [5.74, 6) is 0.000316. The van der Waals surface area contributed by atoms with E-state index < -0.39 is 0 Å². The largest absolute Gasteiger partial charge is 0.375 e. The third kappa shape index (κ3) is 4.57. The lowest BCUT2D eigenvalue weighted by Crippen LogP contribution is -2.37. The second-order valence-electron chi connectivity index (χ2n) is 4.42. The van der Waals surface area contributed by atoms with Crippen LogP contribution >= 0.6 is 11.6 Å². The molecule has 0 fully saturated rings. The van der Waals surface area contributed by atoms with Crippen molar-refractivity contribution in [1.29, 1.82) is 0 Å². The van der Waals surface area contributed by atoms with E-state index in [0.717, 1.165) is 24.1 Å². The van der Waals surface area contributed by atoms with Crippen molar-refractivity contribution < 1.29 is 4.79 Å². The van der Waals surface area contributed by atoms with Gasteiger partial charge in [0.15, 0.2) is 0 Å². The summed E-state index contributed by atoms with van der Waals surface area (Å²) in [4.78, 5) is 11.7. The molecular weight excluding hydrogens is 248 g/mol. The molecule has 0 radical (unpaired) electrons. The van der Waals surface area contributed by atoms with Crippen molar-refractivity contribution in [3.8, 4) is 0 Å². The third-order valence-corrected chi connectivity index (χ3v) is 3.23. The van der Waals surface area contributed by atoms with Crippen molar-refractivity contribution in [2.24, 2.45) is 0 Å². The van der Waals surface area contributed by atoms with Gasteiger partial charge in [0.25, 0.3) is 0 Å². The molecule has 2 N–H and O–H groups in total. The fraction of sp³-hybridized carbons (Fsp3) is 0.500. The quantitative estimate of drug-likeness (QED) is 0.831. The fourth-order valence-electron chi connectivity index (χ4n) is 1.71. The van der Waals surface area contributed by atoms with Crippen LogP contribution in [0, 0.1) is 6.92 Å². The predicted octanol–water partition coefficient (Wildman–Crippen LogP) is 3.37. The molecule has 0 bridgehead atoms. The average Bonchev–Trinajstić information content (AvgIpc) is 2.35. The summed E-state index contributed by atoms with van der Waals surface area (Å²) in [6.45, 7) is 6.37. The van der Waals surface area contributed by atoms with Crippen LogP contribution in [0.25, 0.3) is 0 Å². The number of benzene rings is 1. The van der Waals surface area contributed by atoms with Crippen molar-refractivity contribution >= 4 is 23.2 Å². The zero-order valence-corrected chi connectivity index (χ0v) is 12.0. The minimum Gasteiger partial charge on any atom is -0.375 e. The molecule has 100 valence electrons. The number of nitrogens with one attached hydrogen (secondary N) is 2. The van der Waals surface area contributed by atoms with Gasteiger partial charge in [0, 0.05) is 6.04 Å². The molecule has 0 atom stereocenters. The monoisotopic (exact) mass is 268 g/mol. The fourth-order valence-corrected chi connectivity index (χ4v) is 2.01. The Morgan fingerprint density at radius 3 is 2.56 bits per heavy atom. The topological polar surface area (TPSA) is 41.1 Å². The van der Waals surface area contributed by atoms with Gasteiger partial charge in [0.2, 0.25) is 5.91 Å². The van der Waals surface area contributed by atoms with E-state index in [1.54, 1.807) is 0 Å². The maximum Gasteiger partial charge on any atom is 0.239 e. The molecule has 0 aliphatic carbocycles. The van der Waals surface area contributed by atoms with Crippen molar-refractivity contribution in [1.82, 2.24) is 5.32 Å². The number of aryl methyl sites for hydroxylation is 1. The van der Waals surface area contributed by atoms with Gasteiger partial charge < -0.3 is 10.6 Å². The average molecular weight is 269 g/mol. The smallest absolute Gasteiger partial charge is 0.239 e. The van der Waals surface area contributed by atoms with Crippen molar-refractivity contribution in [2.45, 2.75) is 39.7 Å². The van der Waals surface area contributed by atoms with Crippen LogP contribution in [-0.4, -0.2) is 18.5 Å². The van der Waals surface area contributed by atoms with Crippen molar-refractivity contribution in [2.75, 3.05) is 11.9 Å². The molecule has 0 spiro atoms. The number of amides is 1. The lowest BCUT2D eigenvalue weighted by atomic mass is 10.2. The second kappa shape index (κ2) is 7.27. The van der Waals surface area contributed by atoms with Crippen LogP contribution in [0.2, 0.25) is 5.02 Å². The molecule has 0 aliphatic heterocycles. The summed E-state index contributed by atoms with van der Waals surface area (Å²) >= 11 is 6.08. The normalized spacial score (nSPS) is 10.5. The standard InChI is InChI=1S/C14H21ClN2O/c1-4-11(5-2)17-14(18)9-16-13-7-6-10(3)8-12(13)15/h6-8,11,16H,4-5,9H2,1-3H3,(H,17,18). The summed E-state index contributed by atoms with van der Waals surface area (Å²) in [7, 11) is 0. The van der Waals surface area contributed by atoms with E-state index in [9.17, 15) is 4.79 Å². The Morgan fingerprint density at radius 2 is 2.00 bits per heavy atom. The number of hydrogen-bond acceptors (Lipinski definition) is 2. The second-order valence-corrected chi connectivity index (χ2v) is 4.82. The molecule has 0 unspecified atom stereocenters. The van der Waals surface area contributed by atoms with E-state index in [2.05, 4.69) is 24.5 Å². The van der Waals surface area contributed by atoms with Gasteiger partial charge >= 0.3 is 0 Å².